The van der Waals surface area contributed by atoms with Gasteiger partial charge in [-0.3, -0.25) is 14.4 Å². The Morgan fingerprint density at radius 1 is 0.931 bits per heavy atom. The van der Waals surface area contributed by atoms with Crippen LogP contribution in [0.1, 0.15) is 43.2 Å². The number of thiazole rings is 1. The van der Waals surface area contributed by atoms with Crippen LogP contribution in [0.5, 0.6) is 5.75 Å². The van der Waals surface area contributed by atoms with Crippen molar-refractivity contribution in [2.45, 2.75) is 52.1 Å². The zero-order chi connectivity index (χ0) is 41.0. The Morgan fingerprint density at radius 2 is 1.72 bits per heavy atom. The number of anilines is 2. The summed E-state index contributed by atoms with van der Waals surface area (Å²) in [6.07, 6.45) is 2.37. The SMILES string of the molecule is Cc1c(-c2ccc(N3CCc4cccc(C(=O)N(COCC[Si](C)(C)C)c5nc6ccccc6s5)c4C3)nc2C(=O)O)cnn1Cc1ccccc1OCCN(C)C. The number of aromatic nitrogens is 4. The first-order chi connectivity index (χ1) is 27.9. The van der Waals surface area contributed by atoms with Gasteiger partial charge in [0.25, 0.3) is 5.91 Å². The first-order valence-electron chi connectivity index (χ1n) is 19.6. The number of carboxylic acids is 1. The van der Waals surface area contributed by atoms with Gasteiger partial charge in [-0.05, 0) is 81.0 Å². The summed E-state index contributed by atoms with van der Waals surface area (Å²) in [5.74, 6) is 0.00918. The lowest BCUT2D eigenvalue weighted by Crippen LogP contribution is -2.37. The number of hydrogen-bond donors (Lipinski definition) is 1. The molecule has 0 atom stereocenters. The van der Waals surface area contributed by atoms with E-state index in [-0.39, 0.29) is 18.3 Å². The number of carbonyl (C=O) groups is 2. The number of rotatable bonds is 16. The zero-order valence-corrected chi connectivity index (χ0v) is 35.9. The number of pyridine rings is 1. The van der Waals surface area contributed by atoms with Crippen LogP contribution in [0.25, 0.3) is 21.3 Å². The highest BCUT2D eigenvalue weighted by Crippen LogP contribution is 2.34. The smallest absolute Gasteiger partial charge is 0.355 e. The van der Waals surface area contributed by atoms with Crippen molar-refractivity contribution in [1.82, 2.24) is 24.6 Å². The van der Waals surface area contributed by atoms with Crippen molar-refractivity contribution in [3.63, 3.8) is 0 Å². The maximum absolute atomic E-state index is 14.6. The second-order valence-electron chi connectivity index (χ2n) is 16.1. The minimum Gasteiger partial charge on any atom is -0.492 e. The molecule has 0 unspecified atom stereocenters. The van der Waals surface area contributed by atoms with Crippen LogP contribution in [0.15, 0.2) is 85.1 Å². The molecule has 3 aromatic heterocycles. The molecule has 1 aliphatic rings. The minimum atomic E-state index is -1.34. The van der Waals surface area contributed by atoms with Crippen LogP contribution >= 0.6 is 11.3 Å². The Hall–Kier alpha value is -5.41. The molecule has 0 aliphatic carbocycles. The highest BCUT2D eigenvalue weighted by molar-refractivity contribution is 7.22. The molecule has 1 amide bonds. The molecule has 302 valence electrons. The maximum Gasteiger partial charge on any atom is 0.355 e. The van der Waals surface area contributed by atoms with Gasteiger partial charge >= 0.3 is 5.97 Å². The number of likely N-dealkylation sites (N-methyl/N-ethyl adjacent to an activating group) is 1. The van der Waals surface area contributed by atoms with Gasteiger partial charge in [0, 0.05) is 62.3 Å². The van der Waals surface area contributed by atoms with Crippen molar-refractivity contribution in [3.05, 3.63) is 119 Å². The number of hydrogen-bond acceptors (Lipinski definition) is 10. The van der Waals surface area contributed by atoms with Crippen molar-refractivity contribution in [2.24, 2.45) is 0 Å². The molecule has 0 saturated heterocycles. The molecular formula is C44H51N7O5SSi. The fourth-order valence-electron chi connectivity index (χ4n) is 6.98. The van der Waals surface area contributed by atoms with Gasteiger partial charge in [-0.2, -0.15) is 5.10 Å². The molecule has 7 rings (SSSR count). The van der Waals surface area contributed by atoms with E-state index in [9.17, 15) is 14.7 Å². The van der Waals surface area contributed by atoms with Crippen LogP contribution in [0.4, 0.5) is 10.9 Å². The highest BCUT2D eigenvalue weighted by Gasteiger charge is 2.29. The summed E-state index contributed by atoms with van der Waals surface area (Å²) in [5, 5.41) is 15.7. The first kappa shape index (κ1) is 40.8. The molecule has 14 heteroatoms. The molecule has 0 radical (unpaired) electrons. The molecule has 0 saturated carbocycles. The van der Waals surface area contributed by atoms with Gasteiger partial charge in [-0.1, -0.05) is 73.4 Å². The average Bonchev–Trinajstić information content (AvgIpc) is 3.80. The van der Waals surface area contributed by atoms with Crippen LogP contribution in [0.3, 0.4) is 0 Å². The lowest BCUT2D eigenvalue weighted by atomic mass is 9.94. The molecule has 1 N–H and O–H groups in total. The summed E-state index contributed by atoms with van der Waals surface area (Å²) in [7, 11) is 2.67. The van der Waals surface area contributed by atoms with E-state index in [2.05, 4.69) is 35.7 Å². The van der Waals surface area contributed by atoms with Crippen molar-refractivity contribution in [3.8, 4) is 16.9 Å². The Kier molecular flexibility index (Phi) is 12.4. The lowest BCUT2D eigenvalue weighted by Gasteiger charge is -2.32. The molecule has 0 bridgehead atoms. The van der Waals surface area contributed by atoms with Crippen LogP contribution in [0.2, 0.25) is 25.7 Å². The van der Waals surface area contributed by atoms with E-state index in [1.807, 2.05) is 103 Å². The summed E-state index contributed by atoms with van der Waals surface area (Å²) < 4.78 is 15.1. The van der Waals surface area contributed by atoms with E-state index in [0.717, 1.165) is 50.9 Å². The standard InChI is InChI=1S/C44H51N7O5SSi/c1-30-35(26-45-51(30)27-32-12-7-9-16-38(32)56-23-22-48(2)3)33-18-19-40(47-41(33)43(53)54)49-21-20-31-13-11-14-34(36(31)28-49)42(52)50(29-55-24-25-58(4,5)6)44-46-37-15-8-10-17-39(37)57-44/h7-19,26H,20-25,27-29H2,1-6H3,(H,53,54). The van der Waals surface area contributed by atoms with E-state index in [1.54, 1.807) is 11.1 Å². The highest BCUT2D eigenvalue weighted by atomic mass is 32.1. The quantitative estimate of drug-likeness (QED) is 0.0583. The number of aromatic carboxylic acids is 1. The molecule has 58 heavy (non-hydrogen) atoms. The topological polar surface area (TPSA) is 126 Å². The summed E-state index contributed by atoms with van der Waals surface area (Å²) in [6, 6.07) is 26.3. The number of carboxylic acid groups (broad SMARTS) is 1. The number of carbonyl (C=O) groups excluding carboxylic acids is 1. The van der Waals surface area contributed by atoms with Crippen LogP contribution in [-0.4, -0.2) is 96.8 Å². The van der Waals surface area contributed by atoms with Gasteiger partial charge < -0.3 is 24.4 Å². The van der Waals surface area contributed by atoms with E-state index in [0.29, 0.717) is 66.9 Å². The van der Waals surface area contributed by atoms with Crippen molar-refractivity contribution >= 4 is 52.5 Å². The number of amides is 1. The van der Waals surface area contributed by atoms with Crippen LogP contribution < -0.4 is 14.5 Å². The first-order valence-corrected chi connectivity index (χ1v) is 24.1. The van der Waals surface area contributed by atoms with Crippen molar-refractivity contribution < 1.29 is 24.2 Å². The lowest BCUT2D eigenvalue weighted by molar-refractivity contribution is 0.0691. The summed E-state index contributed by atoms with van der Waals surface area (Å²) in [5.41, 5.74) is 6.29. The van der Waals surface area contributed by atoms with Crippen LogP contribution in [-0.2, 0) is 24.2 Å². The van der Waals surface area contributed by atoms with Crippen molar-refractivity contribution in [1.29, 1.82) is 0 Å². The largest absolute Gasteiger partial charge is 0.492 e. The number of fused-ring (bicyclic) bond motifs is 2. The number of para-hydroxylation sites is 2. The van der Waals surface area contributed by atoms with Gasteiger partial charge in [0.1, 0.15) is 24.9 Å². The molecular weight excluding hydrogens is 767 g/mol. The third kappa shape index (κ3) is 9.31. The van der Waals surface area contributed by atoms with E-state index in [1.165, 1.54) is 11.3 Å². The fourth-order valence-corrected chi connectivity index (χ4v) is 8.69. The molecule has 1 aliphatic heterocycles. The molecule has 0 fully saturated rings. The normalized spacial score (nSPS) is 12.9. The third-order valence-electron chi connectivity index (χ3n) is 10.4. The minimum absolute atomic E-state index is 0.0554. The summed E-state index contributed by atoms with van der Waals surface area (Å²) in [4.78, 5) is 42.8. The second-order valence-corrected chi connectivity index (χ2v) is 22.7. The zero-order valence-electron chi connectivity index (χ0n) is 34.1. The average molecular weight is 818 g/mol. The number of benzene rings is 3. The summed E-state index contributed by atoms with van der Waals surface area (Å²) >= 11 is 1.47. The molecule has 0 spiro atoms. The predicted molar refractivity (Wildman–Crippen MR) is 233 cm³/mol. The Labute approximate surface area is 344 Å². The molecule has 12 nitrogen and oxygen atoms in total. The van der Waals surface area contributed by atoms with Crippen molar-refractivity contribution in [2.75, 3.05) is 56.9 Å². The second kappa shape index (κ2) is 17.6. The maximum atomic E-state index is 14.6. The third-order valence-corrected chi connectivity index (χ3v) is 13.1. The van der Waals surface area contributed by atoms with Gasteiger partial charge in [0.2, 0.25) is 0 Å². The van der Waals surface area contributed by atoms with Gasteiger partial charge in [0.15, 0.2) is 10.8 Å². The number of nitrogens with zero attached hydrogens (tertiary/aromatic N) is 7. The monoisotopic (exact) mass is 817 g/mol. The van der Waals surface area contributed by atoms with Gasteiger partial charge in [-0.25, -0.2) is 14.8 Å². The van der Waals surface area contributed by atoms with E-state index < -0.39 is 14.0 Å². The molecule has 3 aromatic carbocycles. The summed E-state index contributed by atoms with van der Waals surface area (Å²) in [6.45, 7) is 12.3. The van der Waals surface area contributed by atoms with E-state index >= 15 is 0 Å². The number of ether oxygens (including phenoxy) is 2. The van der Waals surface area contributed by atoms with Gasteiger partial charge in [0.05, 0.1) is 23.0 Å². The Bertz CT molecular complexity index is 2390. The van der Waals surface area contributed by atoms with Crippen LogP contribution in [0, 0.1) is 6.92 Å². The Balaban J connectivity index is 1.14. The predicted octanol–water partition coefficient (Wildman–Crippen LogP) is 8.07. The molecule has 6 aromatic rings. The van der Waals surface area contributed by atoms with E-state index in [4.69, 9.17) is 19.4 Å². The fraction of sp³-hybridized carbons (Fsp3) is 0.341. The van der Waals surface area contributed by atoms with Gasteiger partial charge in [-0.15, -0.1) is 0 Å². The molecule has 4 heterocycles. The Morgan fingerprint density at radius 3 is 2.50 bits per heavy atom.